The second kappa shape index (κ2) is 12.4. The largest absolute Gasteiger partial charge is 0.432 e. The Balaban J connectivity index is 1.35. The highest BCUT2D eigenvalue weighted by atomic mass is 28.4. The molecule has 0 aliphatic carbocycles. The van der Waals surface area contributed by atoms with Gasteiger partial charge in [-0.25, -0.2) is 0 Å². The lowest BCUT2D eigenvalue weighted by Crippen LogP contribution is -2.48. The number of fused-ring (bicyclic) bond motifs is 3. The van der Waals surface area contributed by atoms with Crippen LogP contribution in [0, 0.1) is 5.92 Å². The number of anilines is 3. The average molecular weight is 655 g/mol. The highest BCUT2D eigenvalue weighted by Gasteiger charge is 2.66. The fourth-order valence-electron chi connectivity index (χ4n) is 7.84. The number of hydrogen-bond donors (Lipinski definition) is 4. The fourth-order valence-corrected chi connectivity index (χ4v) is 10.4. The molecule has 0 aromatic heterocycles. The lowest BCUT2D eigenvalue weighted by atomic mass is 9.82. The van der Waals surface area contributed by atoms with Crippen LogP contribution in [0.3, 0.4) is 0 Å². The first-order chi connectivity index (χ1) is 22.4. The molecular formula is C36H42N4O6Si. The third kappa shape index (κ3) is 5.67. The number of ether oxygens (including phenoxy) is 1. The molecule has 0 saturated carbocycles. The first kappa shape index (κ1) is 32.6. The molecular weight excluding hydrogens is 613 g/mol. The summed E-state index contributed by atoms with van der Waals surface area (Å²) in [6, 6.07) is 19.4. The zero-order chi connectivity index (χ0) is 33.7. The maximum Gasteiger partial charge on any atom is 0.264 e. The molecule has 0 bridgehead atoms. The molecule has 246 valence electrons. The molecule has 5 N–H and O–H groups in total. The number of hydrogen-bond acceptors (Lipinski definition) is 7. The van der Waals surface area contributed by atoms with Crippen molar-refractivity contribution in [1.82, 2.24) is 4.90 Å². The van der Waals surface area contributed by atoms with E-state index in [1.165, 1.54) is 0 Å². The van der Waals surface area contributed by atoms with Gasteiger partial charge in [0.15, 0.2) is 13.9 Å². The quantitative estimate of drug-likeness (QED) is 0.162. The molecule has 3 heterocycles. The Morgan fingerprint density at radius 3 is 2.49 bits per heavy atom. The predicted octanol–water partition coefficient (Wildman–Crippen LogP) is 4.19. The number of nitrogens with zero attached hydrogens (tertiary/aromatic N) is 2. The van der Waals surface area contributed by atoms with Crippen LogP contribution in [0.25, 0.3) is 0 Å². The van der Waals surface area contributed by atoms with Crippen LogP contribution in [0.1, 0.15) is 40.4 Å². The summed E-state index contributed by atoms with van der Waals surface area (Å²) in [6.07, 6.45) is 1.38. The molecule has 10 nitrogen and oxygen atoms in total. The Labute approximate surface area is 276 Å². The minimum absolute atomic E-state index is 0.0515. The summed E-state index contributed by atoms with van der Waals surface area (Å²) >= 11 is 0. The van der Waals surface area contributed by atoms with Crippen molar-refractivity contribution < 1.29 is 29.0 Å². The highest BCUT2D eigenvalue weighted by Crippen LogP contribution is 2.60. The van der Waals surface area contributed by atoms with Crippen LogP contribution < -0.4 is 16.0 Å². The number of nitrogens with two attached hydrogens (primary N) is 1. The van der Waals surface area contributed by atoms with Crippen LogP contribution in [0.15, 0.2) is 79.4 Å². The number of nitrogens with one attached hydrogen (secondary N) is 1. The van der Waals surface area contributed by atoms with E-state index in [-0.39, 0.29) is 43.3 Å². The Bertz CT molecular complexity index is 1720. The topological polar surface area (TPSA) is 145 Å². The van der Waals surface area contributed by atoms with Crippen molar-refractivity contribution in [2.45, 2.75) is 62.7 Å². The summed E-state index contributed by atoms with van der Waals surface area (Å²) in [7, 11) is -3.04. The van der Waals surface area contributed by atoms with Crippen LogP contribution in [0.2, 0.25) is 18.6 Å². The van der Waals surface area contributed by atoms with Gasteiger partial charge >= 0.3 is 0 Å². The maximum absolute atomic E-state index is 14.5. The van der Waals surface area contributed by atoms with Crippen molar-refractivity contribution in [1.29, 1.82) is 0 Å². The van der Waals surface area contributed by atoms with Gasteiger partial charge in [-0.15, -0.1) is 6.58 Å². The number of nitrogen functional groups attached to an aromatic ring is 1. The van der Waals surface area contributed by atoms with E-state index in [9.17, 15) is 24.3 Å². The van der Waals surface area contributed by atoms with Crippen molar-refractivity contribution in [3.8, 4) is 0 Å². The number of carbonyl (C=O) groups is 3. The lowest BCUT2D eigenvalue weighted by Gasteiger charge is -2.37. The van der Waals surface area contributed by atoms with Crippen molar-refractivity contribution in [2.75, 3.05) is 29.1 Å². The van der Waals surface area contributed by atoms with Gasteiger partial charge in [0.2, 0.25) is 5.91 Å². The van der Waals surface area contributed by atoms with Crippen LogP contribution in [0.5, 0.6) is 0 Å². The second-order valence-corrected chi connectivity index (χ2v) is 17.4. The normalized spacial score (nSPS) is 25.1. The smallest absolute Gasteiger partial charge is 0.264 e. The number of carbonyl (C=O) groups excluding carboxylic acids is 3. The van der Waals surface area contributed by atoms with Gasteiger partial charge in [0, 0.05) is 47.1 Å². The summed E-state index contributed by atoms with van der Waals surface area (Å²) < 4.78 is 6.85. The number of aliphatic hydroxyl groups excluding tert-OH is 1. The van der Waals surface area contributed by atoms with Gasteiger partial charge in [0.1, 0.15) is 0 Å². The molecule has 5 atom stereocenters. The highest BCUT2D eigenvalue weighted by molar-refractivity contribution is 6.71. The molecule has 6 rings (SSSR count). The molecule has 3 amide bonds. The third-order valence-electron chi connectivity index (χ3n) is 9.99. The SMILES string of the molecule is C=CCN1C(=O)[C@]2(O[C@H](CC(=O)N3Cc4ccccc4C[C@H]3CO)[C@@H]([Si](C)(C)O)[C@@H]2C)c2cc(NC(=O)c3ccc(N)cc3)ccc21. The Morgan fingerprint density at radius 1 is 1.13 bits per heavy atom. The molecule has 11 heteroatoms. The van der Waals surface area contributed by atoms with Crippen LogP contribution >= 0.6 is 0 Å². The molecule has 1 spiro atoms. The van der Waals surface area contributed by atoms with Crippen LogP contribution in [-0.2, 0) is 32.9 Å². The Kier molecular flexibility index (Phi) is 8.60. The molecule has 1 fully saturated rings. The predicted molar refractivity (Wildman–Crippen MR) is 183 cm³/mol. The molecule has 0 unspecified atom stereocenters. The number of benzene rings is 3. The van der Waals surface area contributed by atoms with Crippen LogP contribution in [0.4, 0.5) is 17.1 Å². The van der Waals surface area contributed by atoms with E-state index < -0.39 is 31.5 Å². The summed E-state index contributed by atoms with van der Waals surface area (Å²) in [5, 5.41) is 13.2. The molecule has 47 heavy (non-hydrogen) atoms. The summed E-state index contributed by atoms with van der Waals surface area (Å²) in [4.78, 5) is 56.6. The Morgan fingerprint density at radius 2 is 1.83 bits per heavy atom. The fraction of sp³-hybridized carbons (Fsp3) is 0.361. The molecule has 3 aliphatic heterocycles. The monoisotopic (exact) mass is 654 g/mol. The van der Waals surface area contributed by atoms with E-state index in [4.69, 9.17) is 10.5 Å². The number of aliphatic hydroxyl groups is 1. The standard InChI is InChI=1S/C36H42N4O6Si/c1-5-16-39-30-15-14-27(38-34(43)23-10-12-26(37)13-11-23)18-29(30)36(35(39)44)22(2)33(47(3,4)45)31(46-36)19-32(42)40-20-25-9-7-6-8-24(25)17-28(40)21-41/h5-15,18,22,28,31,33,41,45H,1,16-17,19-21,37H2,2-4H3,(H,38,43)/t22-,28-,31+,33-,36+/m0/s1. The average Bonchev–Trinajstić information content (AvgIpc) is 3.46. The van der Waals surface area contributed by atoms with Gasteiger partial charge in [-0.1, -0.05) is 37.3 Å². The first-order valence-corrected chi connectivity index (χ1v) is 19.0. The maximum atomic E-state index is 14.5. The lowest BCUT2D eigenvalue weighted by molar-refractivity contribution is -0.150. The molecule has 3 aliphatic rings. The summed E-state index contributed by atoms with van der Waals surface area (Å²) in [5.74, 6) is -1.32. The number of rotatable bonds is 8. The minimum atomic E-state index is -3.04. The second-order valence-electron chi connectivity index (χ2n) is 13.4. The van der Waals surface area contributed by atoms with Crippen molar-refractivity contribution in [3.63, 3.8) is 0 Å². The van der Waals surface area contributed by atoms with E-state index in [0.29, 0.717) is 41.2 Å². The molecule has 3 aromatic carbocycles. The zero-order valence-corrected chi connectivity index (χ0v) is 28.0. The van der Waals surface area contributed by atoms with Gasteiger partial charge in [0.05, 0.1) is 30.9 Å². The van der Waals surface area contributed by atoms with E-state index >= 15 is 0 Å². The summed E-state index contributed by atoms with van der Waals surface area (Å²) in [5.41, 5.74) is 8.62. The van der Waals surface area contributed by atoms with Crippen LogP contribution in [-0.4, -0.2) is 66.1 Å². The van der Waals surface area contributed by atoms with E-state index in [2.05, 4.69) is 11.9 Å². The molecule has 1 saturated heterocycles. The Hall–Kier alpha value is -4.29. The third-order valence-corrected chi connectivity index (χ3v) is 12.5. The van der Waals surface area contributed by atoms with Gasteiger partial charge < -0.3 is 35.5 Å². The van der Waals surface area contributed by atoms with E-state index in [1.807, 2.05) is 44.3 Å². The van der Waals surface area contributed by atoms with E-state index in [0.717, 1.165) is 11.1 Å². The van der Waals surface area contributed by atoms with Gasteiger partial charge in [-0.3, -0.25) is 14.4 Å². The first-order valence-electron chi connectivity index (χ1n) is 16.0. The molecule has 3 aromatic rings. The van der Waals surface area contributed by atoms with Gasteiger partial charge in [-0.2, -0.15) is 0 Å². The van der Waals surface area contributed by atoms with Gasteiger partial charge in [-0.05, 0) is 73.1 Å². The van der Waals surface area contributed by atoms with Crippen molar-refractivity contribution >= 4 is 43.1 Å². The van der Waals surface area contributed by atoms with E-state index in [1.54, 1.807) is 58.3 Å². The minimum Gasteiger partial charge on any atom is -0.432 e. The number of amides is 3. The summed E-state index contributed by atoms with van der Waals surface area (Å²) in [6.45, 7) is 9.81. The zero-order valence-electron chi connectivity index (χ0n) is 27.0. The van der Waals surface area contributed by atoms with Crippen molar-refractivity contribution in [3.05, 3.63) is 102 Å². The molecule has 0 radical (unpaired) electrons. The van der Waals surface area contributed by atoms with Gasteiger partial charge in [0.25, 0.3) is 11.8 Å². The van der Waals surface area contributed by atoms with Crippen molar-refractivity contribution in [2.24, 2.45) is 5.92 Å².